The highest BCUT2D eigenvalue weighted by molar-refractivity contribution is 5.85. The highest BCUT2D eigenvalue weighted by Gasteiger charge is 2.15. The molecule has 0 bridgehead atoms. The molecule has 1 aromatic rings. The summed E-state index contributed by atoms with van der Waals surface area (Å²) < 4.78 is 4.93. The molecule has 0 aliphatic heterocycles. The van der Waals surface area contributed by atoms with Crippen LogP contribution in [-0.4, -0.2) is 23.4 Å². The lowest BCUT2D eigenvalue weighted by Gasteiger charge is -2.16. The van der Waals surface area contributed by atoms with Crippen molar-refractivity contribution in [2.24, 2.45) is 5.73 Å². The lowest BCUT2D eigenvalue weighted by molar-refractivity contribution is 0.162. The maximum Gasteiger partial charge on any atom is 0.124 e. The van der Waals surface area contributed by atoms with Crippen LogP contribution in [0.5, 0.6) is 11.5 Å². The Hall–Kier alpha value is -0.970. The topological polar surface area (TPSA) is 75.7 Å². The van der Waals surface area contributed by atoms with Gasteiger partial charge < -0.3 is 20.7 Å². The number of ether oxygens (including phenoxy) is 1. The van der Waals surface area contributed by atoms with E-state index >= 15 is 0 Å². The number of methoxy groups -OCH3 is 1. The predicted molar refractivity (Wildman–Crippen MR) is 60.5 cm³/mol. The fourth-order valence-corrected chi connectivity index (χ4v) is 1.19. The third kappa shape index (κ3) is 3.27. The molecule has 0 amide bonds. The minimum absolute atomic E-state index is 0. The molecule has 5 heteroatoms. The van der Waals surface area contributed by atoms with Crippen molar-refractivity contribution in [3.63, 3.8) is 0 Å². The van der Waals surface area contributed by atoms with Crippen molar-refractivity contribution in [1.29, 1.82) is 0 Å². The maximum atomic E-state index is 9.57. The fourth-order valence-electron chi connectivity index (χ4n) is 1.19. The van der Waals surface area contributed by atoms with Crippen molar-refractivity contribution in [3.8, 4) is 11.5 Å². The van der Waals surface area contributed by atoms with E-state index in [4.69, 9.17) is 10.5 Å². The molecule has 1 rings (SSSR count). The summed E-state index contributed by atoms with van der Waals surface area (Å²) in [5.41, 5.74) is 6.19. The average Bonchev–Trinajstić information content (AvgIpc) is 2.16. The Morgan fingerprint density at radius 2 is 2.00 bits per heavy atom. The second-order valence-electron chi connectivity index (χ2n) is 3.19. The number of phenols is 1. The zero-order valence-electron chi connectivity index (χ0n) is 8.68. The standard InChI is InChI=1S/C10H15NO3.ClH/c1-6(12)10(11)8-4-3-7(14-2)5-9(8)13;/h3-6,10,12-13H,11H2,1-2H3;1H/t6-,10-;/m0./s1. The fraction of sp³-hybridized carbons (Fsp3) is 0.400. The van der Waals surface area contributed by atoms with Crippen molar-refractivity contribution in [2.75, 3.05) is 7.11 Å². The van der Waals surface area contributed by atoms with Crippen molar-refractivity contribution in [1.82, 2.24) is 0 Å². The quantitative estimate of drug-likeness (QED) is 0.734. The Morgan fingerprint density at radius 1 is 1.40 bits per heavy atom. The van der Waals surface area contributed by atoms with Gasteiger partial charge in [-0.15, -0.1) is 12.4 Å². The van der Waals surface area contributed by atoms with Crippen LogP contribution in [0, 0.1) is 0 Å². The lowest BCUT2D eigenvalue weighted by atomic mass is 10.0. The molecule has 0 unspecified atom stereocenters. The molecule has 0 fully saturated rings. The van der Waals surface area contributed by atoms with E-state index in [1.807, 2.05) is 0 Å². The molecule has 4 nitrogen and oxygen atoms in total. The molecule has 2 atom stereocenters. The minimum atomic E-state index is -0.700. The number of nitrogens with two attached hydrogens (primary N) is 1. The zero-order valence-corrected chi connectivity index (χ0v) is 9.49. The van der Waals surface area contributed by atoms with Gasteiger partial charge in [0.1, 0.15) is 11.5 Å². The van der Waals surface area contributed by atoms with E-state index in [1.54, 1.807) is 19.1 Å². The van der Waals surface area contributed by atoms with Gasteiger partial charge in [0.05, 0.1) is 19.3 Å². The van der Waals surface area contributed by atoms with Crippen LogP contribution in [0.4, 0.5) is 0 Å². The van der Waals surface area contributed by atoms with E-state index in [1.165, 1.54) is 13.2 Å². The Balaban J connectivity index is 0.00000196. The van der Waals surface area contributed by atoms with Crippen molar-refractivity contribution in [3.05, 3.63) is 23.8 Å². The number of aromatic hydroxyl groups is 1. The molecule has 0 radical (unpaired) electrons. The monoisotopic (exact) mass is 233 g/mol. The Bertz CT molecular complexity index is 318. The summed E-state index contributed by atoms with van der Waals surface area (Å²) in [5.74, 6) is 0.599. The van der Waals surface area contributed by atoms with Gasteiger partial charge in [-0.1, -0.05) is 0 Å². The molecule has 0 saturated heterocycles. The van der Waals surface area contributed by atoms with Gasteiger partial charge in [-0.3, -0.25) is 0 Å². The summed E-state index contributed by atoms with van der Waals surface area (Å²) in [5, 5.41) is 18.8. The number of phenolic OH excluding ortho intramolecular Hbond substituents is 1. The van der Waals surface area contributed by atoms with E-state index in [2.05, 4.69) is 0 Å². The minimum Gasteiger partial charge on any atom is -0.507 e. The van der Waals surface area contributed by atoms with Crippen LogP contribution in [0.2, 0.25) is 0 Å². The SMILES string of the molecule is COc1ccc([C@@H](N)[C@H](C)O)c(O)c1.Cl. The van der Waals surface area contributed by atoms with Gasteiger partial charge in [-0.2, -0.15) is 0 Å². The maximum absolute atomic E-state index is 9.57. The van der Waals surface area contributed by atoms with Gasteiger partial charge >= 0.3 is 0 Å². The van der Waals surface area contributed by atoms with Gasteiger partial charge in [0.15, 0.2) is 0 Å². The van der Waals surface area contributed by atoms with Crippen LogP contribution in [0.25, 0.3) is 0 Å². The van der Waals surface area contributed by atoms with Gasteiger partial charge in [-0.25, -0.2) is 0 Å². The molecule has 0 saturated carbocycles. The molecule has 0 aliphatic carbocycles. The molecule has 86 valence electrons. The molecule has 0 aliphatic rings. The first-order valence-corrected chi connectivity index (χ1v) is 4.36. The molecule has 0 aromatic heterocycles. The van der Waals surface area contributed by atoms with Gasteiger partial charge in [0, 0.05) is 11.6 Å². The third-order valence-electron chi connectivity index (χ3n) is 2.12. The first kappa shape index (κ1) is 14.0. The van der Waals surface area contributed by atoms with Crippen molar-refractivity contribution >= 4 is 12.4 Å². The molecule has 15 heavy (non-hydrogen) atoms. The second-order valence-corrected chi connectivity index (χ2v) is 3.19. The van der Waals surface area contributed by atoms with Gasteiger partial charge in [-0.05, 0) is 19.1 Å². The van der Waals surface area contributed by atoms with E-state index in [9.17, 15) is 10.2 Å². The summed E-state index contributed by atoms with van der Waals surface area (Å²) in [6, 6.07) is 4.22. The Labute approximate surface area is 95.1 Å². The predicted octanol–water partition coefficient (Wildman–Crippen LogP) is 1.20. The Morgan fingerprint density at radius 3 is 2.40 bits per heavy atom. The summed E-state index contributed by atoms with van der Waals surface area (Å²) in [4.78, 5) is 0. The Kier molecular flexibility index (Phi) is 5.43. The van der Waals surface area contributed by atoms with Crippen molar-refractivity contribution in [2.45, 2.75) is 19.1 Å². The number of aliphatic hydroxyl groups is 1. The van der Waals surface area contributed by atoms with E-state index in [-0.39, 0.29) is 18.2 Å². The van der Waals surface area contributed by atoms with E-state index in [0.717, 1.165) is 0 Å². The number of halogens is 1. The summed E-state index contributed by atoms with van der Waals surface area (Å²) >= 11 is 0. The molecule has 1 aromatic carbocycles. The number of benzene rings is 1. The summed E-state index contributed by atoms with van der Waals surface area (Å²) in [6.45, 7) is 1.58. The first-order chi connectivity index (χ1) is 6.56. The van der Waals surface area contributed by atoms with Crippen LogP contribution in [0.3, 0.4) is 0 Å². The molecule has 0 spiro atoms. The molecular formula is C10H16ClNO3. The number of rotatable bonds is 3. The van der Waals surface area contributed by atoms with Crippen LogP contribution < -0.4 is 10.5 Å². The van der Waals surface area contributed by atoms with E-state index < -0.39 is 12.1 Å². The van der Waals surface area contributed by atoms with Crippen LogP contribution in [0.15, 0.2) is 18.2 Å². The summed E-state index contributed by atoms with van der Waals surface area (Å²) in [6.07, 6.45) is -0.700. The van der Waals surface area contributed by atoms with Gasteiger partial charge in [0.2, 0.25) is 0 Å². The smallest absolute Gasteiger partial charge is 0.124 e. The zero-order chi connectivity index (χ0) is 10.7. The van der Waals surface area contributed by atoms with Crippen LogP contribution >= 0.6 is 12.4 Å². The second kappa shape index (κ2) is 5.80. The first-order valence-electron chi connectivity index (χ1n) is 4.36. The molecule has 4 N–H and O–H groups in total. The largest absolute Gasteiger partial charge is 0.507 e. The van der Waals surface area contributed by atoms with Gasteiger partial charge in [0.25, 0.3) is 0 Å². The number of aliphatic hydroxyl groups excluding tert-OH is 1. The van der Waals surface area contributed by atoms with Crippen molar-refractivity contribution < 1.29 is 14.9 Å². The van der Waals surface area contributed by atoms with E-state index in [0.29, 0.717) is 11.3 Å². The van der Waals surface area contributed by atoms with Crippen LogP contribution in [0.1, 0.15) is 18.5 Å². The molecular weight excluding hydrogens is 218 g/mol. The average molecular weight is 234 g/mol. The third-order valence-corrected chi connectivity index (χ3v) is 2.12. The highest BCUT2D eigenvalue weighted by atomic mass is 35.5. The van der Waals surface area contributed by atoms with Crippen LogP contribution in [-0.2, 0) is 0 Å². The molecule has 0 heterocycles. The highest BCUT2D eigenvalue weighted by Crippen LogP contribution is 2.28. The normalized spacial score (nSPS) is 13.9. The number of hydrogen-bond donors (Lipinski definition) is 3. The lowest BCUT2D eigenvalue weighted by Crippen LogP contribution is -2.23. The number of hydrogen-bond acceptors (Lipinski definition) is 4. The summed E-state index contributed by atoms with van der Waals surface area (Å²) in [7, 11) is 1.52.